The molecule has 0 fully saturated rings. The molecule has 4 N–H and O–H groups in total. The molecule has 48 heavy (non-hydrogen) atoms. The minimum Gasteiger partial charge on any atom is -0.471 e. The highest BCUT2D eigenvalue weighted by Crippen LogP contribution is 2.36. The minimum absolute atomic E-state index is 0.102. The molecule has 12 nitrogen and oxygen atoms in total. The van der Waals surface area contributed by atoms with Crippen LogP contribution in [0.1, 0.15) is 21.7 Å². The van der Waals surface area contributed by atoms with E-state index in [1.54, 1.807) is 11.8 Å². The number of aromatic amines is 1. The average molecular weight is 676 g/mol. The third-order valence-corrected chi connectivity index (χ3v) is 9.69. The predicted octanol–water partition coefficient (Wildman–Crippen LogP) is 6.03. The van der Waals surface area contributed by atoms with Gasteiger partial charge in [-0.05, 0) is 47.0 Å². The first-order valence-corrected chi connectivity index (χ1v) is 16.9. The Balaban J connectivity index is 0.886. The Morgan fingerprint density at radius 1 is 1.10 bits per heavy atom. The molecule has 0 aliphatic carbocycles. The number of thiazole rings is 1. The number of carbonyl (C=O) groups is 1. The monoisotopic (exact) mass is 675 g/mol. The zero-order valence-electron chi connectivity index (χ0n) is 25.6. The first-order chi connectivity index (χ1) is 23.5. The van der Waals surface area contributed by atoms with Crippen molar-refractivity contribution in [2.24, 2.45) is 0 Å². The normalized spacial score (nSPS) is 12.9. The van der Waals surface area contributed by atoms with E-state index in [-0.39, 0.29) is 19.2 Å². The summed E-state index contributed by atoms with van der Waals surface area (Å²) in [6, 6.07) is 24.1. The maximum Gasteiger partial charge on any atom is 0.407 e. The van der Waals surface area contributed by atoms with Crippen molar-refractivity contribution in [1.82, 2.24) is 30.2 Å². The van der Waals surface area contributed by atoms with Crippen molar-refractivity contribution >= 4 is 73.9 Å². The van der Waals surface area contributed by atoms with Crippen molar-refractivity contribution in [3.8, 4) is 11.9 Å². The maximum atomic E-state index is 12.4. The molecule has 4 heterocycles. The molecule has 0 unspecified atom stereocenters. The molecule has 1 aliphatic heterocycles. The number of thioether (sulfide) groups is 1. The summed E-state index contributed by atoms with van der Waals surface area (Å²) < 4.78 is 12.4. The summed E-state index contributed by atoms with van der Waals surface area (Å²) in [5, 5.41) is 13.4. The molecule has 14 heteroatoms. The van der Waals surface area contributed by atoms with E-state index < -0.39 is 6.09 Å². The van der Waals surface area contributed by atoms with Crippen LogP contribution >= 0.6 is 23.1 Å². The summed E-state index contributed by atoms with van der Waals surface area (Å²) in [6.45, 7) is 2.27. The van der Waals surface area contributed by atoms with Crippen LogP contribution in [-0.4, -0.2) is 56.5 Å². The number of H-pyrrole nitrogens is 1. The fourth-order valence-corrected chi connectivity index (χ4v) is 7.24. The van der Waals surface area contributed by atoms with Crippen LogP contribution in [0.3, 0.4) is 0 Å². The number of alkyl carbamates (subject to hydrolysis) is 1. The number of allylic oxidation sites excluding steroid dienone is 1. The van der Waals surface area contributed by atoms with E-state index in [0.717, 1.165) is 49.8 Å². The van der Waals surface area contributed by atoms with Crippen LogP contribution in [0.25, 0.3) is 33.0 Å². The van der Waals surface area contributed by atoms with Gasteiger partial charge in [0.15, 0.2) is 11.2 Å². The fourth-order valence-electron chi connectivity index (χ4n) is 5.22. The van der Waals surface area contributed by atoms with E-state index in [2.05, 4.69) is 53.3 Å². The Morgan fingerprint density at radius 3 is 2.81 bits per heavy atom. The van der Waals surface area contributed by atoms with Crippen LogP contribution in [-0.2, 0) is 17.9 Å². The first-order valence-electron chi connectivity index (χ1n) is 15.1. The van der Waals surface area contributed by atoms with Gasteiger partial charge in [0.1, 0.15) is 24.3 Å². The third-order valence-electron chi connectivity index (χ3n) is 7.59. The quantitative estimate of drug-likeness (QED) is 0.145. The van der Waals surface area contributed by atoms with Gasteiger partial charge in [-0.15, -0.1) is 23.1 Å². The van der Waals surface area contributed by atoms with Gasteiger partial charge in [-0.25, -0.2) is 14.8 Å². The van der Waals surface area contributed by atoms with Crippen molar-refractivity contribution in [3.63, 3.8) is 0 Å². The van der Waals surface area contributed by atoms with Gasteiger partial charge in [0.2, 0.25) is 11.8 Å². The zero-order chi connectivity index (χ0) is 32.9. The number of aromatic nitrogens is 5. The van der Waals surface area contributed by atoms with Crippen molar-refractivity contribution in [2.45, 2.75) is 18.0 Å². The van der Waals surface area contributed by atoms with Gasteiger partial charge < -0.3 is 30.4 Å². The number of rotatable bonds is 10. The van der Waals surface area contributed by atoms with E-state index in [4.69, 9.17) is 15.2 Å². The van der Waals surface area contributed by atoms with Crippen molar-refractivity contribution in [2.75, 3.05) is 36.1 Å². The molecule has 0 spiro atoms. The molecule has 0 saturated heterocycles. The highest BCUT2D eigenvalue weighted by atomic mass is 32.2. The number of benzene rings is 3. The SMILES string of the molecule is N#C/C(=C\c1ccc2c(c1)SCCN2CCOC(=O)NCc1ccc(COc2nc(N)nc3[nH]cnc23)cc1)c1nc2ccccc2s1. The summed E-state index contributed by atoms with van der Waals surface area (Å²) in [7, 11) is 0. The summed E-state index contributed by atoms with van der Waals surface area (Å²) >= 11 is 3.30. The number of imidazole rings is 1. The van der Waals surface area contributed by atoms with Crippen molar-refractivity contribution in [1.29, 1.82) is 5.26 Å². The van der Waals surface area contributed by atoms with Gasteiger partial charge in [-0.3, -0.25) is 0 Å². The highest BCUT2D eigenvalue weighted by molar-refractivity contribution is 7.99. The number of ether oxygens (including phenoxy) is 2. The number of carbonyl (C=O) groups excluding carboxylic acids is 1. The van der Waals surface area contributed by atoms with E-state index in [1.807, 2.05) is 60.7 Å². The standard InChI is InChI=1S/C34H29N9O3S2/c35-17-24(32-40-25-3-1-2-4-27(25)48-32)15-23-9-10-26-28(16-23)47-14-12-43(26)11-13-45-34(44)37-18-21-5-7-22(8-6-21)19-46-31-29-30(39-20-38-29)41-33(36)42-31/h1-10,15-16,20H,11-14,18-19H2,(H,37,44)(H3,36,38,39,41,42)/b24-15+. The van der Waals surface area contributed by atoms with Crippen LogP contribution in [0.15, 0.2) is 78.0 Å². The van der Waals surface area contributed by atoms with Gasteiger partial charge >= 0.3 is 6.09 Å². The number of amides is 1. The molecule has 0 atom stereocenters. The molecule has 1 aliphatic rings. The maximum absolute atomic E-state index is 12.4. The van der Waals surface area contributed by atoms with Crippen molar-refractivity contribution in [3.05, 3.63) is 94.8 Å². The largest absolute Gasteiger partial charge is 0.471 e. The number of para-hydroxylation sites is 1. The summed E-state index contributed by atoms with van der Waals surface area (Å²) in [5.74, 6) is 1.33. The topological polar surface area (TPSA) is 168 Å². The van der Waals surface area contributed by atoms with Gasteiger partial charge in [-0.1, -0.05) is 42.5 Å². The van der Waals surface area contributed by atoms with Gasteiger partial charge in [-0.2, -0.15) is 15.2 Å². The summed E-state index contributed by atoms with van der Waals surface area (Å²) in [6.07, 6.45) is 2.93. The fraction of sp³-hybridized carbons (Fsp3) is 0.176. The number of hydrogen-bond donors (Lipinski definition) is 3. The lowest BCUT2D eigenvalue weighted by molar-refractivity contribution is 0.148. The molecule has 3 aromatic carbocycles. The van der Waals surface area contributed by atoms with Crippen molar-refractivity contribution < 1.29 is 14.3 Å². The second kappa shape index (κ2) is 14.0. The average Bonchev–Trinajstić information content (AvgIpc) is 3.76. The van der Waals surface area contributed by atoms with E-state index in [1.165, 1.54) is 17.7 Å². The lowest BCUT2D eigenvalue weighted by Crippen LogP contribution is -2.34. The summed E-state index contributed by atoms with van der Waals surface area (Å²) in [4.78, 5) is 35.7. The Kier molecular flexibility index (Phi) is 9.03. The van der Waals surface area contributed by atoms with Crippen LogP contribution in [0.4, 0.5) is 16.4 Å². The number of nitrogens with one attached hydrogen (secondary N) is 2. The number of anilines is 2. The Labute approximate surface area is 283 Å². The molecular formula is C34H29N9O3S2. The number of nitrogens with two attached hydrogens (primary N) is 1. The van der Waals surface area contributed by atoms with Crippen LogP contribution in [0.5, 0.6) is 5.88 Å². The van der Waals surface area contributed by atoms with E-state index in [0.29, 0.717) is 40.7 Å². The van der Waals surface area contributed by atoms with Gasteiger partial charge in [0, 0.05) is 23.7 Å². The van der Waals surface area contributed by atoms with Gasteiger partial charge in [0.25, 0.3) is 0 Å². The zero-order valence-corrected chi connectivity index (χ0v) is 27.2. The van der Waals surface area contributed by atoms with Crippen LogP contribution < -0.4 is 20.7 Å². The molecule has 3 aromatic heterocycles. The number of nitriles is 1. The lowest BCUT2D eigenvalue weighted by Gasteiger charge is -2.30. The molecule has 7 rings (SSSR count). The Morgan fingerprint density at radius 2 is 1.96 bits per heavy atom. The molecule has 6 aromatic rings. The minimum atomic E-state index is -0.474. The second-order valence-corrected chi connectivity index (χ2v) is 13.0. The highest BCUT2D eigenvalue weighted by Gasteiger charge is 2.19. The van der Waals surface area contributed by atoms with Crippen LogP contribution in [0, 0.1) is 11.3 Å². The molecule has 0 radical (unpaired) electrons. The summed E-state index contributed by atoms with van der Waals surface area (Å²) in [5.41, 5.74) is 12.1. The molecule has 0 saturated carbocycles. The number of nitrogens with zero attached hydrogens (tertiary/aromatic N) is 6. The van der Waals surface area contributed by atoms with Gasteiger partial charge in [0.05, 0.1) is 34.3 Å². The Bertz CT molecular complexity index is 2140. The number of fused-ring (bicyclic) bond motifs is 3. The molecule has 240 valence electrons. The number of nitrogen functional groups attached to an aromatic ring is 1. The Hall–Kier alpha value is -5.65. The third kappa shape index (κ3) is 7.02. The predicted molar refractivity (Wildman–Crippen MR) is 188 cm³/mol. The van der Waals surface area contributed by atoms with E-state index in [9.17, 15) is 10.1 Å². The smallest absolute Gasteiger partial charge is 0.407 e. The molecular weight excluding hydrogens is 647 g/mol. The molecule has 1 amide bonds. The molecule has 0 bridgehead atoms. The first kappa shape index (κ1) is 31.0. The van der Waals surface area contributed by atoms with E-state index >= 15 is 0 Å². The lowest BCUT2D eigenvalue weighted by atomic mass is 10.1. The second-order valence-electron chi connectivity index (χ2n) is 10.8. The number of hydrogen-bond acceptors (Lipinski definition) is 12. The van der Waals surface area contributed by atoms with Crippen LogP contribution in [0.2, 0.25) is 0 Å².